The van der Waals surface area contributed by atoms with Crippen molar-refractivity contribution in [3.8, 4) is 11.5 Å². The summed E-state index contributed by atoms with van der Waals surface area (Å²) in [7, 11) is 0. The van der Waals surface area contributed by atoms with E-state index in [9.17, 15) is 0 Å². The van der Waals surface area contributed by atoms with Crippen LogP contribution in [0.25, 0.3) is 0 Å². The van der Waals surface area contributed by atoms with Crippen molar-refractivity contribution in [2.75, 3.05) is 18.5 Å². The van der Waals surface area contributed by atoms with Gasteiger partial charge in [0.25, 0.3) is 0 Å². The number of anilines is 1. The zero-order valence-corrected chi connectivity index (χ0v) is 10.2. The van der Waals surface area contributed by atoms with Gasteiger partial charge in [-0.1, -0.05) is 0 Å². The normalized spacial score (nSPS) is 20.5. The maximum absolute atomic E-state index is 5.68. The predicted molar refractivity (Wildman–Crippen MR) is 67.9 cm³/mol. The molecule has 1 aromatic rings. The molecule has 1 aliphatic carbocycles. The fraction of sp³-hybridized carbons (Fsp3) is 0.571. The van der Waals surface area contributed by atoms with Crippen molar-refractivity contribution in [2.45, 2.75) is 32.2 Å². The Bertz CT molecular complexity index is 401. The van der Waals surface area contributed by atoms with Crippen LogP contribution in [-0.4, -0.2) is 19.3 Å². The van der Waals surface area contributed by atoms with E-state index in [2.05, 4.69) is 24.4 Å². The molecule has 0 aromatic heterocycles. The topological polar surface area (TPSA) is 30.5 Å². The van der Waals surface area contributed by atoms with E-state index in [4.69, 9.17) is 9.47 Å². The number of fused-ring (bicyclic) bond motifs is 1. The molecule has 3 heteroatoms. The molecular formula is C14H19NO2. The second-order valence-electron chi connectivity index (χ2n) is 4.98. The molecule has 1 aliphatic heterocycles. The van der Waals surface area contributed by atoms with E-state index in [0.29, 0.717) is 6.04 Å². The number of ether oxygens (including phenoxy) is 2. The third-order valence-electron chi connectivity index (χ3n) is 3.47. The Morgan fingerprint density at radius 1 is 1.18 bits per heavy atom. The highest BCUT2D eigenvalue weighted by Crippen LogP contribution is 2.36. The molecule has 0 spiro atoms. The molecule has 1 N–H and O–H groups in total. The molecular weight excluding hydrogens is 214 g/mol. The first-order valence-electron chi connectivity index (χ1n) is 6.49. The Hall–Kier alpha value is -1.38. The summed E-state index contributed by atoms with van der Waals surface area (Å²) in [5.41, 5.74) is 1.13. The summed E-state index contributed by atoms with van der Waals surface area (Å²) in [6, 6.07) is 6.69. The summed E-state index contributed by atoms with van der Waals surface area (Å²) >= 11 is 0. The predicted octanol–water partition coefficient (Wildman–Crippen LogP) is 3.06. The minimum atomic E-state index is 0.555. The quantitative estimate of drug-likeness (QED) is 0.870. The molecule has 1 atom stereocenters. The van der Waals surface area contributed by atoms with E-state index in [-0.39, 0.29) is 0 Å². The minimum Gasteiger partial charge on any atom is -0.490 e. The number of benzene rings is 1. The molecule has 1 saturated carbocycles. The molecule has 3 nitrogen and oxygen atoms in total. The van der Waals surface area contributed by atoms with Gasteiger partial charge in [0, 0.05) is 24.2 Å². The van der Waals surface area contributed by atoms with Crippen LogP contribution in [0.2, 0.25) is 0 Å². The average Bonchev–Trinajstić information content (AvgIpc) is 3.16. The lowest BCUT2D eigenvalue weighted by Gasteiger charge is -2.16. The van der Waals surface area contributed by atoms with Gasteiger partial charge in [-0.3, -0.25) is 0 Å². The van der Waals surface area contributed by atoms with Crippen LogP contribution in [0.5, 0.6) is 11.5 Å². The Balaban J connectivity index is 1.74. The van der Waals surface area contributed by atoms with Gasteiger partial charge in [0.05, 0.1) is 13.2 Å². The van der Waals surface area contributed by atoms with Gasteiger partial charge in [0.1, 0.15) is 0 Å². The summed E-state index contributed by atoms with van der Waals surface area (Å²) < 4.78 is 11.3. The molecule has 0 radical (unpaired) electrons. The summed E-state index contributed by atoms with van der Waals surface area (Å²) in [5, 5.41) is 3.54. The van der Waals surface area contributed by atoms with E-state index < -0.39 is 0 Å². The number of hydrogen-bond acceptors (Lipinski definition) is 3. The monoisotopic (exact) mass is 233 g/mol. The van der Waals surface area contributed by atoms with E-state index >= 15 is 0 Å². The van der Waals surface area contributed by atoms with Crippen LogP contribution in [0.3, 0.4) is 0 Å². The molecule has 1 fully saturated rings. The van der Waals surface area contributed by atoms with Crippen LogP contribution in [0.15, 0.2) is 18.2 Å². The SMILES string of the molecule is CC(Nc1ccc2c(c1)OCCCO2)C1CC1. The Morgan fingerprint density at radius 3 is 2.71 bits per heavy atom. The van der Waals surface area contributed by atoms with Crippen molar-refractivity contribution < 1.29 is 9.47 Å². The van der Waals surface area contributed by atoms with Gasteiger partial charge in [-0.25, -0.2) is 0 Å². The second-order valence-corrected chi connectivity index (χ2v) is 4.98. The van der Waals surface area contributed by atoms with Crippen LogP contribution in [0.1, 0.15) is 26.2 Å². The standard InChI is InChI=1S/C14H19NO2/c1-10(11-3-4-11)15-12-5-6-13-14(9-12)17-8-2-7-16-13/h5-6,9-11,15H,2-4,7-8H2,1H3. The van der Waals surface area contributed by atoms with Gasteiger partial charge in [-0.2, -0.15) is 0 Å². The number of nitrogens with one attached hydrogen (secondary N) is 1. The van der Waals surface area contributed by atoms with Crippen LogP contribution in [-0.2, 0) is 0 Å². The van der Waals surface area contributed by atoms with Gasteiger partial charge in [-0.15, -0.1) is 0 Å². The van der Waals surface area contributed by atoms with E-state index in [0.717, 1.165) is 42.7 Å². The van der Waals surface area contributed by atoms with E-state index in [1.807, 2.05) is 6.07 Å². The largest absolute Gasteiger partial charge is 0.490 e. The summed E-state index contributed by atoms with van der Waals surface area (Å²) in [6.07, 6.45) is 3.67. The molecule has 0 saturated heterocycles. The zero-order chi connectivity index (χ0) is 11.7. The second kappa shape index (κ2) is 4.47. The lowest BCUT2D eigenvalue weighted by molar-refractivity contribution is 0.297. The summed E-state index contributed by atoms with van der Waals surface area (Å²) in [4.78, 5) is 0. The molecule has 0 amide bonds. The fourth-order valence-corrected chi connectivity index (χ4v) is 2.23. The van der Waals surface area contributed by atoms with Gasteiger partial charge in [0.2, 0.25) is 0 Å². The highest BCUT2D eigenvalue weighted by molar-refractivity contribution is 5.55. The van der Waals surface area contributed by atoms with Gasteiger partial charge in [0.15, 0.2) is 11.5 Å². The highest BCUT2D eigenvalue weighted by Gasteiger charge is 2.27. The molecule has 1 heterocycles. The third kappa shape index (κ3) is 2.48. The minimum absolute atomic E-state index is 0.555. The first-order chi connectivity index (χ1) is 8.33. The molecule has 0 bridgehead atoms. The fourth-order valence-electron chi connectivity index (χ4n) is 2.23. The Kier molecular flexibility index (Phi) is 2.83. The Morgan fingerprint density at radius 2 is 1.94 bits per heavy atom. The first kappa shape index (κ1) is 10.8. The summed E-state index contributed by atoms with van der Waals surface area (Å²) in [5.74, 6) is 2.59. The van der Waals surface area contributed by atoms with Gasteiger partial charge >= 0.3 is 0 Å². The molecule has 92 valence electrons. The maximum Gasteiger partial charge on any atom is 0.163 e. The highest BCUT2D eigenvalue weighted by atomic mass is 16.5. The smallest absolute Gasteiger partial charge is 0.163 e. The molecule has 3 rings (SSSR count). The zero-order valence-electron chi connectivity index (χ0n) is 10.2. The molecule has 1 aromatic carbocycles. The molecule has 1 unspecified atom stereocenters. The molecule has 2 aliphatic rings. The van der Waals surface area contributed by atoms with Crippen molar-refractivity contribution in [2.24, 2.45) is 5.92 Å². The van der Waals surface area contributed by atoms with Crippen LogP contribution in [0.4, 0.5) is 5.69 Å². The van der Waals surface area contributed by atoms with Crippen molar-refractivity contribution in [1.29, 1.82) is 0 Å². The van der Waals surface area contributed by atoms with Crippen molar-refractivity contribution >= 4 is 5.69 Å². The summed E-state index contributed by atoms with van der Waals surface area (Å²) in [6.45, 7) is 3.74. The van der Waals surface area contributed by atoms with Crippen LogP contribution < -0.4 is 14.8 Å². The Labute approximate surface area is 102 Å². The number of rotatable bonds is 3. The van der Waals surface area contributed by atoms with Crippen LogP contribution >= 0.6 is 0 Å². The lowest BCUT2D eigenvalue weighted by atomic mass is 10.2. The van der Waals surface area contributed by atoms with Crippen molar-refractivity contribution in [3.05, 3.63) is 18.2 Å². The average molecular weight is 233 g/mol. The van der Waals surface area contributed by atoms with Gasteiger partial charge in [-0.05, 0) is 37.8 Å². The molecule has 17 heavy (non-hydrogen) atoms. The number of hydrogen-bond donors (Lipinski definition) is 1. The van der Waals surface area contributed by atoms with E-state index in [1.165, 1.54) is 12.8 Å². The van der Waals surface area contributed by atoms with Crippen molar-refractivity contribution in [3.63, 3.8) is 0 Å². The first-order valence-corrected chi connectivity index (χ1v) is 6.49. The van der Waals surface area contributed by atoms with Crippen LogP contribution in [0, 0.1) is 5.92 Å². The third-order valence-corrected chi connectivity index (χ3v) is 3.47. The van der Waals surface area contributed by atoms with Crippen molar-refractivity contribution in [1.82, 2.24) is 0 Å². The van der Waals surface area contributed by atoms with Gasteiger partial charge < -0.3 is 14.8 Å². The maximum atomic E-state index is 5.68. The lowest BCUT2D eigenvalue weighted by Crippen LogP contribution is -2.17. The van der Waals surface area contributed by atoms with E-state index in [1.54, 1.807) is 0 Å².